The lowest BCUT2D eigenvalue weighted by Gasteiger charge is -2.17. The van der Waals surface area contributed by atoms with Crippen LogP contribution in [0.1, 0.15) is 29.7 Å². The maximum Gasteiger partial charge on any atom is 0.135 e. The van der Waals surface area contributed by atoms with Crippen molar-refractivity contribution in [2.75, 3.05) is 5.32 Å². The van der Waals surface area contributed by atoms with E-state index in [1.807, 2.05) is 13.0 Å². The van der Waals surface area contributed by atoms with Crippen LogP contribution in [0, 0.1) is 18.6 Å². The van der Waals surface area contributed by atoms with Crippen LogP contribution in [0.25, 0.3) is 0 Å². The third-order valence-electron chi connectivity index (χ3n) is 3.31. The number of benzene rings is 2. The highest BCUT2D eigenvalue weighted by Crippen LogP contribution is 2.22. The minimum Gasteiger partial charge on any atom is -0.389 e. The minimum atomic E-state index is -0.477. The molecule has 0 heterocycles. The molecule has 0 fully saturated rings. The van der Waals surface area contributed by atoms with Crippen molar-refractivity contribution >= 4 is 22.9 Å². The fourth-order valence-corrected chi connectivity index (χ4v) is 2.18. The minimum absolute atomic E-state index is 0.0210. The third-order valence-corrected chi connectivity index (χ3v) is 3.53. The summed E-state index contributed by atoms with van der Waals surface area (Å²) in [5.41, 5.74) is 7.60. The summed E-state index contributed by atoms with van der Waals surface area (Å²) in [6, 6.07) is 9.44. The first kappa shape index (κ1) is 15.4. The van der Waals surface area contributed by atoms with E-state index in [0.29, 0.717) is 11.3 Å². The van der Waals surface area contributed by atoms with Gasteiger partial charge in [-0.2, -0.15) is 0 Å². The Morgan fingerprint density at radius 3 is 2.43 bits per heavy atom. The van der Waals surface area contributed by atoms with Crippen LogP contribution in [0.5, 0.6) is 0 Å². The number of aryl methyl sites for hydroxylation is 1. The van der Waals surface area contributed by atoms with Gasteiger partial charge in [-0.3, -0.25) is 0 Å². The second-order valence-corrected chi connectivity index (χ2v) is 5.37. The van der Waals surface area contributed by atoms with Crippen molar-refractivity contribution in [1.82, 2.24) is 0 Å². The maximum atomic E-state index is 13.8. The highest BCUT2D eigenvalue weighted by Gasteiger charge is 2.10. The van der Waals surface area contributed by atoms with E-state index in [9.17, 15) is 8.78 Å². The summed E-state index contributed by atoms with van der Waals surface area (Å²) >= 11 is 4.76. The number of rotatable bonds is 4. The monoisotopic (exact) mass is 306 g/mol. The molecule has 0 amide bonds. The zero-order valence-corrected chi connectivity index (χ0v) is 12.6. The summed E-state index contributed by atoms with van der Waals surface area (Å²) < 4.78 is 27.4. The van der Waals surface area contributed by atoms with Crippen molar-refractivity contribution in [3.8, 4) is 0 Å². The average molecular weight is 306 g/mol. The van der Waals surface area contributed by atoms with Crippen LogP contribution in [0.3, 0.4) is 0 Å². The predicted molar refractivity (Wildman–Crippen MR) is 85.5 cm³/mol. The molecule has 2 rings (SSSR count). The van der Waals surface area contributed by atoms with Crippen LogP contribution >= 0.6 is 12.2 Å². The van der Waals surface area contributed by atoms with Gasteiger partial charge in [-0.15, -0.1) is 0 Å². The Balaban J connectivity index is 2.19. The molecule has 2 aromatic rings. The van der Waals surface area contributed by atoms with E-state index in [1.54, 1.807) is 19.1 Å². The van der Waals surface area contributed by atoms with Crippen molar-refractivity contribution in [3.63, 3.8) is 0 Å². The maximum absolute atomic E-state index is 13.8. The molecule has 0 radical (unpaired) electrons. The first-order valence-corrected chi connectivity index (χ1v) is 6.91. The van der Waals surface area contributed by atoms with Crippen molar-refractivity contribution < 1.29 is 8.78 Å². The Kier molecular flexibility index (Phi) is 4.53. The number of thiocarbonyl (C=S) groups is 1. The number of hydrogen-bond donors (Lipinski definition) is 2. The van der Waals surface area contributed by atoms with Gasteiger partial charge >= 0.3 is 0 Å². The number of halogens is 2. The van der Waals surface area contributed by atoms with Crippen molar-refractivity contribution in [2.24, 2.45) is 5.73 Å². The van der Waals surface area contributed by atoms with Crippen molar-refractivity contribution in [1.29, 1.82) is 0 Å². The van der Waals surface area contributed by atoms with Gasteiger partial charge in [0.15, 0.2) is 0 Å². The molecule has 0 saturated carbocycles. The standard InChI is InChI=1S/C16H16F2N2S/c1-9-3-4-11(7-14(9)17)10(2)20-12-5-6-13(16(19)21)15(18)8-12/h3-8,10,20H,1-2H3,(H2,19,21). The van der Waals surface area contributed by atoms with E-state index in [4.69, 9.17) is 18.0 Å². The molecule has 3 N–H and O–H groups in total. The summed E-state index contributed by atoms with van der Waals surface area (Å²) in [5, 5.41) is 3.12. The molecule has 1 atom stereocenters. The number of hydrogen-bond acceptors (Lipinski definition) is 2. The molecule has 0 bridgehead atoms. The molecule has 21 heavy (non-hydrogen) atoms. The molecular formula is C16H16F2N2S. The van der Waals surface area contributed by atoms with Crippen LogP contribution in [-0.4, -0.2) is 4.99 Å². The Labute approximate surface area is 128 Å². The van der Waals surface area contributed by atoms with Gasteiger partial charge in [0.2, 0.25) is 0 Å². The number of anilines is 1. The van der Waals surface area contributed by atoms with Gasteiger partial charge < -0.3 is 11.1 Å². The van der Waals surface area contributed by atoms with E-state index < -0.39 is 5.82 Å². The lowest BCUT2D eigenvalue weighted by Crippen LogP contribution is -2.12. The van der Waals surface area contributed by atoms with Gasteiger partial charge in [0.05, 0.1) is 0 Å². The average Bonchev–Trinajstić information content (AvgIpc) is 2.41. The Morgan fingerprint density at radius 1 is 1.14 bits per heavy atom. The molecule has 2 aromatic carbocycles. The molecule has 0 aromatic heterocycles. The van der Waals surface area contributed by atoms with Crippen LogP contribution in [0.15, 0.2) is 36.4 Å². The van der Waals surface area contributed by atoms with E-state index >= 15 is 0 Å². The van der Waals surface area contributed by atoms with Crippen LogP contribution in [0.4, 0.5) is 14.5 Å². The fourth-order valence-electron chi connectivity index (χ4n) is 2.02. The quantitative estimate of drug-likeness (QED) is 0.836. The van der Waals surface area contributed by atoms with Gasteiger partial charge in [-0.25, -0.2) is 8.78 Å². The van der Waals surface area contributed by atoms with Gasteiger partial charge in [-0.1, -0.05) is 24.4 Å². The number of nitrogens with two attached hydrogens (primary N) is 1. The van der Waals surface area contributed by atoms with E-state index in [2.05, 4.69) is 5.32 Å². The smallest absolute Gasteiger partial charge is 0.135 e. The zero-order chi connectivity index (χ0) is 15.6. The van der Waals surface area contributed by atoms with E-state index in [1.165, 1.54) is 18.2 Å². The van der Waals surface area contributed by atoms with E-state index in [0.717, 1.165) is 5.56 Å². The Bertz CT molecular complexity index is 686. The highest BCUT2D eigenvalue weighted by atomic mass is 32.1. The zero-order valence-electron chi connectivity index (χ0n) is 11.8. The molecule has 0 aliphatic heterocycles. The molecule has 2 nitrogen and oxygen atoms in total. The van der Waals surface area contributed by atoms with E-state index in [-0.39, 0.29) is 22.4 Å². The molecule has 0 spiro atoms. The normalized spacial score (nSPS) is 12.0. The van der Waals surface area contributed by atoms with Crippen LogP contribution in [-0.2, 0) is 0 Å². The fraction of sp³-hybridized carbons (Fsp3) is 0.188. The highest BCUT2D eigenvalue weighted by molar-refractivity contribution is 7.80. The first-order chi connectivity index (χ1) is 9.88. The molecular weight excluding hydrogens is 290 g/mol. The summed E-state index contributed by atoms with van der Waals surface area (Å²) in [5.74, 6) is -0.731. The van der Waals surface area contributed by atoms with Gasteiger partial charge in [0.25, 0.3) is 0 Å². The van der Waals surface area contributed by atoms with Crippen LogP contribution in [0.2, 0.25) is 0 Å². The van der Waals surface area contributed by atoms with Crippen molar-refractivity contribution in [2.45, 2.75) is 19.9 Å². The third kappa shape index (κ3) is 3.55. The topological polar surface area (TPSA) is 38.0 Å². The lowest BCUT2D eigenvalue weighted by atomic mass is 10.1. The SMILES string of the molecule is Cc1ccc(C(C)Nc2ccc(C(N)=S)c(F)c2)cc1F. The summed E-state index contributed by atoms with van der Waals surface area (Å²) in [6.45, 7) is 3.59. The molecule has 0 aliphatic rings. The summed E-state index contributed by atoms with van der Waals surface area (Å²) in [4.78, 5) is 0.0210. The summed E-state index contributed by atoms with van der Waals surface area (Å²) in [7, 11) is 0. The molecule has 5 heteroatoms. The Hall–Kier alpha value is -2.01. The predicted octanol–water partition coefficient (Wildman–Crippen LogP) is 4.08. The Morgan fingerprint density at radius 2 is 1.86 bits per heavy atom. The van der Waals surface area contributed by atoms with Gasteiger partial charge in [0, 0.05) is 17.3 Å². The summed E-state index contributed by atoms with van der Waals surface area (Å²) in [6.07, 6.45) is 0. The lowest BCUT2D eigenvalue weighted by molar-refractivity contribution is 0.614. The molecule has 0 saturated heterocycles. The second kappa shape index (κ2) is 6.18. The largest absolute Gasteiger partial charge is 0.389 e. The molecule has 0 aliphatic carbocycles. The molecule has 110 valence electrons. The van der Waals surface area contributed by atoms with Crippen LogP contribution < -0.4 is 11.1 Å². The second-order valence-electron chi connectivity index (χ2n) is 4.93. The van der Waals surface area contributed by atoms with Gasteiger partial charge in [0.1, 0.15) is 16.6 Å². The number of nitrogens with one attached hydrogen (secondary N) is 1. The van der Waals surface area contributed by atoms with Gasteiger partial charge in [-0.05, 0) is 49.2 Å². The van der Waals surface area contributed by atoms with Crippen molar-refractivity contribution in [3.05, 3.63) is 64.7 Å². The molecule has 1 unspecified atom stereocenters. The first-order valence-electron chi connectivity index (χ1n) is 6.50.